The van der Waals surface area contributed by atoms with Crippen molar-refractivity contribution >= 4 is 5.91 Å². The highest BCUT2D eigenvalue weighted by Gasteiger charge is 2.81. The predicted octanol–water partition coefficient (Wildman–Crippen LogP) is 5.48. The van der Waals surface area contributed by atoms with Gasteiger partial charge < -0.3 is 19.9 Å². The zero-order valence-electron chi connectivity index (χ0n) is 26.9. The summed E-state index contributed by atoms with van der Waals surface area (Å²) in [6.07, 6.45) is 7.70. The maximum absolute atomic E-state index is 13.2. The number of piperidine rings is 1. The number of primary amides is 1. The number of fused-ring (bicyclic) bond motifs is 2. The number of amides is 1. The van der Waals surface area contributed by atoms with Gasteiger partial charge in [-0.2, -0.15) is 0 Å². The summed E-state index contributed by atoms with van der Waals surface area (Å²) in [6, 6.07) is 24.6. The molecule has 0 radical (unpaired) electrons. The van der Waals surface area contributed by atoms with Crippen LogP contribution in [0.3, 0.4) is 0 Å². The third-order valence-electron chi connectivity index (χ3n) is 13.2. The van der Waals surface area contributed by atoms with Gasteiger partial charge in [0, 0.05) is 48.0 Å². The van der Waals surface area contributed by atoms with Crippen molar-refractivity contribution < 1.29 is 19.0 Å². The van der Waals surface area contributed by atoms with E-state index in [0.29, 0.717) is 6.04 Å². The molecule has 3 aromatic rings. The number of nitrogens with two attached hydrogens (primary N) is 1. The van der Waals surface area contributed by atoms with Crippen LogP contribution in [0.1, 0.15) is 72.9 Å². The number of methoxy groups -OCH3 is 2. The number of nitrogens with one attached hydrogen (secondary N) is 1. The average molecular weight is 620 g/mol. The van der Waals surface area contributed by atoms with E-state index in [1.165, 1.54) is 30.5 Å². The van der Waals surface area contributed by atoms with Crippen molar-refractivity contribution in [3.05, 3.63) is 95.1 Å². The Balaban J connectivity index is 1.23. The van der Waals surface area contributed by atoms with E-state index in [4.69, 9.17) is 19.9 Å². The second kappa shape index (κ2) is 10.3. The molecule has 2 aliphatic heterocycles. The molecule has 5 fully saturated rings. The van der Waals surface area contributed by atoms with Crippen LogP contribution in [0.15, 0.2) is 72.8 Å². The molecule has 1 amide bonds. The lowest BCUT2D eigenvalue weighted by atomic mass is 9.34. The molecule has 46 heavy (non-hydrogen) atoms. The first-order valence-electron chi connectivity index (χ1n) is 17.3. The quantitative estimate of drug-likeness (QED) is 0.313. The summed E-state index contributed by atoms with van der Waals surface area (Å²) >= 11 is 0. The largest absolute Gasteiger partial charge is 0.493 e. The first kappa shape index (κ1) is 28.8. The van der Waals surface area contributed by atoms with E-state index in [0.717, 1.165) is 67.2 Å². The molecule has 240 valence electrons. The van der Waals surface area contributed by atoms with Gasteiger partial charge in [0.2, 0.25) is 5.91 Å². The van der Waals surface area contributed by atoms with Crippen LogP contribution in [0.25, 0.3) is 0 Å². The molecular weight excluding hydrogens is 574 g/mol. The van der Waals surface area contributed by atoms with E-state index in [-0.39, 0.29) is 34.8 Å². The average Bonchev–Trinajstić information content (AvgIpc) is 3.83. The summed E-state index contributed by atoms with van der Waals surface area (Å²) < 4.78 is 20.2. The number of ether oxygens (including phenoxy) is 3. The highest BCUT2D eigenvalue weighted by atomic mass is 16.6. The van der Waals surface area contributed by atoms with E-state index < -0.39 is 11.6 Å². The first-order chi connectivity index (χ1) is 22.5. The van der Waals surface area contributed by atoms with Crippen molar-refractivity contribution in [3.63, 3.8) is 0 Å². The number of hydrogen-bond acceptors (Lipinski definition) is 6. The Kier molecular flexibility index (Phi) is 6.45. The van der Waals surface area contributed by atoms with Gasteiger partial charge in [0.15, 0.2) is 11.5 Å². The fourth-order valence-corrected chi connectivity index (χ4v) is 11.3. The number of benzene rings is 3. The Morgan fingerprint density at radius 1 is 1.00 bits per heavy atom. The standard InChI is InChI=1S/C39H45N3O4/c1-44-29-16-15-27-21-30-37-17-18-39(45-2,36-38(37,31(27)34(29)46-36)19-20-42(30)23-24-13-14-24)28(22-37)32(25-9-5-3-6-10-25)41-33(35(40)43)26-11-7-4-8-12-26/h3-12,15-16,24,28,30,32-33,36,41H,13-14,17-23H2,1-2H3,(H2,40,43)/t28-,30-,32?,33-,36?,37?,38?,39?/m1/s1. The number of likely N-dealkylation sites (tertiary alicyclic amines) is 1. The van der Waals surface area contributed by atoms with Crippen LogP contribution in [-0.4, -0.2) is 55.9 Å². The molecular formula is C39H45N3O4. The Morgan fingerprint density at radius 3 is 2.41 bits per heavy atom. The third-order valence-corrected chi connectivity index (χ3v) is 13.2. The smallest absolute Gasteiger partial charge is 0.239 e. The molecule has 0 aromatic heterocycles. The summed E-state index contributed by atoms with van der Waals surface area (Å²) in [6.45, 7) is 2.30. The molecule has 2 spiro atoms. The molecule has 3 N–H and O–H groups in total. The van der Waals surface area contributed by atoms with Crippen LogP contribution in [0.5, 0.6) is 11.5 Å². The molecule has 4 bridgehead atoms. The maximum atomic E-state index is 13.2. The van der Waals surface area contributed by atoms with Crippen molar-refractivity contribution in [1.29, 1.82) is 0 Å². The second-order valence-electron chi connectivity index (χ2n) is 14.9. The van der Waals surface area contributed by atoms with Crippen molar-refractivity contribution in [2.45, 2.75) is 80.2 Å². The summed E-state index contributed by atoms with van der Waals surface area (Å²) in [7, 11) is 3.65. The highest BCUT2D eigenvalue weighted by Crippen LogP contribution is 2.77. The zero-order chi connectivity index (χ0) is 31.3. The maximum Gasteiger partial charge on any atom is 0.239 e. The second-order valence-corrected chi connectivity index (χ2v) is 14.9. The minimum absolute atomic E-state index is 0.0179. The Hall–Kier alpha value is -3.39. The van der Waals surface area contributed by atoms with Crippen molar-refractivity contribution in [3.8, 4) is 11.5 Å². The molecule has 5 unspecified atom stereocenters. The van der Waals surface area contributed by atoms with Gasteiger partial charge in [0.05, 0.1) is 7.11 Å². The third kappa shape index (κ3) is 3.73. The fraction of sp³-hybridized carbons (Fsp3) is 0.513. The normalized spacial score (nSPS) is 34.8. The van der Waals surface area contributed by atoms with Crippen LogP contribution < -0.4 is 20.5 Å². The van der Waals surface area contributed by atoms with Crippen LogP contribution in [0, 0.1) is 17.3 Å². The number of nitrogens with zero attached hydrogens (tertiary/aromatic N) is 1. The van der Waals surface area contributed by atoms with Crippen LogP contribution in [0.4, 0.5) is 0 Å². The van der Waals surface area contributed by atoms with E-state index >= 15 is 0 Å². The lowest BCUT2D eigenvalue weighted by molar-refractivity contribution is -0.282. The van der Waals surface area contributed by atoms with Crippen LogP contribution >= 0.6 is 0 Å². The first-order valence-corrected chi connectivity index (χ1v) is 17.3. The number of carbonyl (C=O) groups is 1. The molecule has 7 heteroatoms. The molecule has 2 heterocycles. The molecule has 5 aliphatic carbocycles. The molecule has 8 atom stereocenters. The lowest BCUT2D eigenvalue weighted by Crippen LogP contribution is -2.81. The van der Waals surface area contributed by atoms with E-state index in [1.807, 2.05) is 37.4 Å². The Labute approximate surface area is 271 Å². The van der Waals surface area contributed by atoms with E-state index in [2.05, 4.69) is 52.7 Å². The van der Waals surface area contributed by atoms with Gasteiger partial charge in [-0.15, -0.1) is 0 Å². The number of hydrogen-bond donors (Lipinski definition) is 2. The van der Waals surface area contributed by atoms with Gasteiger partial charge in [0.25, 0.3) is 0 Å². The highest BCUT2D eigenvalue weighted by molar-refractivity contribution is 5.81. The molecule has 7 aliphatic rings. The van der Waals surface area contributed by atoms with Crippen molar-refractivity contribution in [1.82, 2.24) is 10.2 Å². The molecule has 7 nitrogen and oxygen atoms in total. The summed E-state index contributed by atoms with van der Waals surface area (Å²) in [5.74, 6) is 2.27. The summed E-state index contributed by atoms with van der Waals surface area (Å²) in [4.78, 5) is 16.1. The molecule has 1 saturated heterocycles. The lowest BCUT2D eigenvalue weighted by Gasteiger charge is -2.74. The minimum atomic E-state index is -0.641. The monoisotopic (exact) mass is 619 g/mol. The van der Waals surface area contributed by atoms with Crippen LogP contribution in [0.2, 0.25) is 0 Å². The van der Waals surface area contributed by atoms with Crippen LogP contribution in [-0.2, 0) is 21.4 Å². The van der Waals surface area contributed by atoms with Gasteiger partial charge in [-0.3, -0.25) is 15.0 Å². The van der Waals surface area contributed by atoms with Gasteiger partial charge in [-0.05, 0) is 80.2 Å². The zero-order valence-corrected chi connectivity index (χ0v) is 26.9. The number of carbonyl (C=O) groups excluding carboxylic acids is 1. The number of rotatable bonds is 10. The van der Waals surface area contributed by atoms with Gasteiger partial charge in [-0.1, -0.05) is 66.7 Å². The van der Waals surface area contributed by atoms with Gasteiger partial charge >= 0.3 is 0 Å². The van der Waals surface area contributed by atoms with Gasteiger partial charge in [-0.25, -0.2) is 0 Å². The topological polar surface area (TPSA) is 86.0 Å². The summed E-state index contributed by atoms with van der Waals surface area (Å²) in [5, 5.41) is 3.85. The van der Waals surface area contributed by atoms with Gasteiger partial charge in [0.1, 0.15) is 17.7 Å². The summed E-state index contributed by atoms with van der Waals surface area (Å²) in [5.41, 5.74) is 10.3. The predicted molar refractivity (Wildman–Crippen MR) is 176 cm³/mol. The molecule has 4 saturated carbocycles. The SMILES string of the molecule is COc1ccc2c3c1OC1C4(OC)CCC5(C[C@@H]4C(N[C@@H](C(N)=O)c4ccccc4)c4ccccc4)[C@@H](C2)N(CC2CC2)CCC315. The van der Waals surface area contributed by atoms with Crippen molar-refractivity contribution in [2.24, 2.45) is 23.0 Å². The fourth-order valence-electron chi connectivity index (χ4n) is 11.3. The van der Waals surface area contributed by atoms with E-state index in [9.17, 15) is 4.79 Å². The van der Waals surface area contributed by atoms with Crippen molar-refractivity contribution in [2.75, 3.05) is 27.3 Å². The minimum Gasteiger partial charge on any atom is -0.493 e. The molecule has 10 rings (SSSR count). The Morgan fingerprint density at radius 2 is 1.74 bits per heavy atom. The Bertz CT molecular complexity index is 1660. The van der Waals surface area contributed by atoms with E-state index in [1.54, 1.807) is 7.11 Å². The molecule has 3 aromatic carbocycles.